The summed E-state index contributed by atoms with van der Waals surface area (Å²) in [6.07, 6.45) is 12.2. The Morgan fingerprint density at radius 3 is 1.89 bits per heavy atom. The van der Waals surface area contributed by atoms with Crippen LogP contribution in [-0.2, 0) is 0 Å². The van der Waals surface area contributed by atoms with Crippen molar-refractivity contribution < 1.29 is 9.47 Å². The summed E-state index contributed by atoms with van der Waals surface area (Å²) >= 11 is 0. The van der Waals surface area contributed by atoms with Crippen molar-refractivity contribution in [2.45, 2.75) is 103 Å². The Hall–Kier alpha value is -2.04. The van der Waals surface area contributed by atoms with Crippen LogP contribution in [0.1, 0.15) is 108 Å². The van der Waals surface area contributed by atoms with Gasteiger partial charge in [0.1, 0.15) is 11.5 Å². The highest BCUT2D eigenvalue weighted by Gasteiger charge is 2.22. The second-order valence-electron chi connectivity index (χ2n) is 10.6. The average molecular weight is 509 g/mol. The first-order chi connectivity index (χ1) is 18.2. The fourth-order valence-corrected chi connectivity index (χ4v) is 5.63. The monoisotopic (exact) mass is 508 g/mol. The minimum atomic E-state index is 0.496. The van der Waals surface area contributed by atoms with Gasteiger partial charge in [0.2, 0.25) is 0 Å². The molecule has 2 aromatic rings. The Morgan fingerprint density at radius 2 is 1.35 bits per heavy atom. The third kappa shape index (κ3) is 10.3. The maximum Gasteiger partial charge on any atom is 0.119 e. The first-order valence-corrected chi connectivity index (χ1v) is 15.1. The van der Waals surface area contributed by atoms with Crippen LogP contribution in [-0.4, -0.2) is 38.9 Å². The Balaban J connectivity index is 1.46. The predicted molar refractivity (Wildman–Crippen MR) is 157 cm³/mol. The van der Waals surface area contributed by atoms with Crippen LogP contribution < -0.4 is 20.1 Å². The van der Waals surface area contributed by atoms with Crippen molar-refractivity contribution in [3.63, 3.8) is 0 Å². The molecule has 2 N–H and O–H groups in total. The van der Waals surface area contributed by atoms with Crippen LogP contribution in [0.4, 0.5) is 0 Å². The van der Waals surface area contributed by atoms with Crippen LogP contribution in [0, 0.1) is 0 Å². The molecule has 2 aromatic carbocycles. The maximum absolute atomic E-state index is 6.07. The molecule has 206 valence electrons. The van der Waals surface area contributed by atoms with Gasteiger partial charge in [-0.1, -0.05) is 64.3 Å². The van der Waals surface area contributed by atoms with Crippen molar-refractivity contribution in [1.29, 1.82) is 0 Å². The molecule has 3 atom stereocenters. The number of hydrogen-bond donors (Lipinski definition) is 2. The number of ether oxygens (including phenoxy) is 2. The number of nitrogens with one attached hydrogen (secondary N) is 2. The molecule has 0 bridgehead atoms. The van der Waals surface area contributed by atoms with Gasteiger partial charge < -0.3 is 20.1 Å². The molecular formula is C33H52N2O2. The summed E-state index contributed by atoms with van der Waals surface area (Å²) in [5, 5.41) is 7.12. The van der Waals surface area contributed by atoms with E-state index in [2.05, 4.69) is 79.9 Å². The first-order valence-electron chi connectivity index (χ1n) is 15.1. The lowest BCUT2D eigenvalue weighted by molar-refractivity contribution is 0.268. The molecule has 1 saturated heterocycles. The van der Waals surface area contributed by atoms with Gasteiger partial charge in [0.15, 0.2) is 0 Å². The molecular weight excluding hydrogens is 456 g/mol. The van der Waals surface area contributed by atoms with Crippen molar-refractivity contribution in [3.8, 4) is 11.5 Å². The van der Waals surface area contributed by atoms with Gasteiger partial charge >= 0.3 is 0 Å². The SMILES string of the molecule is CCCCCNCCCOc1ccc(C(CC)C(CC)c2ccc(OCCC3CCCCN3)cc2)cc1. The van der Waals surface area contributed by atoms with Crippen LogP contribution >= 0.6 is 0 Å². The average Bonchev–Trinajstić information content (AvgIpc) is 2.95. The summed E-state index contributed by atoms with van der Waals surface area (Å²) in [7, 11) is 0. The highest BCUT2D eigenvalue weighted by atomic mass is 16.5. The summed E-state index contributed by atoms with van der Waals surface area (Å²) in [5.41, 5.74) is 2.81. The van der Waals surface area contributed by atoms with Crippen molar-refractivity contribution in [2.75, 3.05) is 32.8 Å². The van der Waals surface area contributed by atoms with Gasteiger partial charge in [0.25, 0.3) is 0 Å². The number of unbranched alkanes of at least 4 members (excludes halogenated alkanes) is 2. The summed E-state index contributed by atoms with van der Waals surface area (Å²) in [6.45, 7) is 11.7. The van der Waals surface area contributed by atoms with Crippen molar-refractivity contribution >= 4 is 0 Å². The van der Waals surface area contributed by atoms with Crippen LogP contribution in [0.15, 0.2) is 48.5 Å². The normalized spacial score (nSPS) is 17.3. The lowest BCUT2D eigenvalue weighted by Gasteiger charge is -2.27. The second kappa shape index (κ2) is 17.5. The van der Waals surface area contributed by atoms with Crippen LogP contribution in [0.2, 0.25) is 0 Å². The van der Waals surface area contributed by atoms with E-state index in [1.165, 1.54) is 49.7 Å². The van der Waals surface area contributed by atoms with Crippen LogP contribution in [0.25, 0.3) is 0 Å². The molecule has 4 heteroatoms. The van der Waals surface area contributed by atoms with E-state index in [-0.39, 0.29) is 0 Å². The molecule has 1 aliphatic rings. The van der Waals surface area contributed by atoms with E-state index < -0.39 is 0 Å². The molecule has 4 nitrogen and oxygen atoms in total. The molecule has 3 rings (SSSR count). The minimum Gasteiger partial charge on any atom is -0.494 e. The Kier molecular flexibility index (Phi) is 13.9. The Labute approximate surface area is 226 Å². The molecule has 0 radical (unpaired) electrons. The van der Waals surface area contributed by atoms with Crippen LogP contribution in [0.3, 0.4) is 0 Å². The van der Waals surface area contributed by atoms with E-state index in [1.807, 2.05) is 0 Å². The molecule has 0 aromatic heterocycles. The third-order valence-electron chi connectivity index (χ3n) is 7.85. The van der Waals surface area contributed by atoms with E-state index in [0.29, 0.717) is 17.9 Å². The second-order valence-corrected chi connectivity index (χ2v) is 10.6. The Bertz CT molecular complexity index is 830. The van der Waals surface area contributed by atoms with Crippen molar-refractivity contribution in [3.05, 3.63) is 59.7 Å². The van der Waals surface area contributed by atoms with Gasteiger partial charge in [-0.25, -0.2) is 0 Å². The summed E-state index contributed by atoms with van der Waals surface area (Å²) in [5.74, 6) is 2.95. The van der Waals surface area contributed by atoms with Gasteiger partial charge in [-0.2, -0.15) is 0 Å². The number of hydrogen-bond acceptors (Lipinski definition) is 4. The third-order valence-corrected chi connectivity index (χ3v) is 7.85. The fraction of sp³-hybridized carbons (Fsp3) is 0.636. The first kappa shape index (κ1) is 29.5. The standard InChI is InChI=1S/C33H52N2O2/c1-4-7-9-22-34-23-11-25-36-30-17-13-27(14-18-30)32(5-2)33(6-3)28-15-19-31(20-16-28)37-26-21-29-12-8-10-24-35-29/h13-20,29,32-35H,4-12,21-26H2,1-3H3. The highest BCUT2D eigenvalue weighted by Crippen LogP contribution is 2.39. The summed E-state index contributed by atoms with van der Waals surface area (Å²) < 4.78 is 12.1. The molecule has 0 saturated carbocycles. The van der Waals surface area contributed by atoms with Crippen LogP contribution in [0.5, 0.6) is 11.5 Å². The van der Waals surface area contributed by atoms with E-state index in [9.17, 15) is 0 Å². The minimum absolute atomic E-state index is 0.496. The zero-order valence-electron chi connectivity index (χ0n) is 23.8. The number of benzene rings is 2. The summed E-state index contributed by atoms with van der Waals surface area (Å²) in [6, 6.07) is 18.3. The van der Waals surface area contributed by atoms with Gasteiger partial charge in [0, 0.05) is 6.04 Å². The zero-order valence-corrected chi connectivity index (χ0v) is 23.8. The molecule has 0 amide bonds. The smallest absolute Gasteiger partial charge is 0.119 e. The van der Waals surface area contributed by atoms with Crippen molar-refractivity contribution in [1.82, 2.24) is 10.6 Å². The topological polar surface area (TPSA) is 42.5 Å². The molecule has 0 aliphatic carbocycles. The molecule has 1 fully saturated rings. The van der Waals surface area contributed by atoms with Gasteiger partial charge in [0.05, 0.1) is 13.2 Å². The fourth-order valence-electron chi connectivity index (χ4n) is 5.63. The molecule has 0 spiro atoms. The zero-order chi connectivity index (χ0) is 26.1. The van der Waals surface area contributed by atoms with E-state index in [1.54, 1.807) is 0 Å². The van der Waals surface area contributed by atoms with Gasteiger partial charge in [-0.3, -0.25) is 0 Å². The van der Waals surface area contributed by atoms with Gasteiger partial charge in [-0.05, 0) is 112 Å². The van der Waals surface area contributed by atoms with Crippen molar-refractivity contribution in [2.24, 2.45) is 0 Å². The Morgan fingerprint density at radius 1 is 0.757 bits per heavy atom. The van der Waals surface area contributed by atoms with Gasteiger partial charge in [-0.15, -0.1) is 0 Å². The number of piperidine rings is 1. The molecule has 1 aliphatic heterocycles. The summed E-state index contributed by atoms with van der Waals surface area (Å²) in [4.78, 5) is 0. The molecule has 37 heavy (non-hydrogen) atoms. The molecule has 1 heterocycles. The lowest BCUT2D eigenvalue weighted by atomic mass is 9.78. The highest BCUT2D eigenvalue weighted by molar-refractivity contribution is 5.35. The van der Waals surface area contributed by atoms with E-state index in [4.69, 9.17) is 9.47 Å². The lowest BCUT2D eigenvalue weighted by Crippen LogP contribution is -2.35. The maximum atomic E-state index is 6.07. The van der Waals surface area contributed by atoms with E-state index >= 15 is 0 Å². The quantitative estimate of drug-likeness (QED) is 0.201. The molecule has 3 unspecified atom stereocenters. The largest absolute Gasteiger partial charge is 0.494 e. The van der Waals surface area contributed by atoms with E-state index in [0.717, 1.165) is 70.0 Å². The number of rotatable bonds is 18. The predicted octanol–water partition coefficient (Wildman–Crippen LogP) is 7.83.